The average molecular weight is 789 g/mol. The van der Waals surface area contributed by atoms with Gasteiger partial charge < -0.3 is 9.80 Å². The van der Waals surface area contributed by atoms with Gasteiger partial charge in [0.2, 0.25) is 0 Å². The second-order valence-electron chi connectivity index (χ2n) is 16.1. The molecule has 12 rings (SSSR count). The van der Waals surface area contributed by atoms with Gasteiger partial charge in [0.05, 0.1) is 22.7 Å². The van der Waals surface area contributed by atoms with Crippen molar-refractivity contribution in [3.05, 3.63) is 243 Å². The Morgan fingerprint density at radius 3 is 0.839 bits per heavy atom. The fraction of sp³-hybridized carbons (Fsp3) is 0. The summed E-state index contributed by atoms with van der Waals surface area (Å²) in [6.45, 7) is 0. The van der Waals surface area contributed by atoms with E-state index in [2.05, 4.69) is 252 Å². The predicted molar refractivity (Wildman–Crippen MR) is 261 cm³/mol. The molecule has 0 saturated carbocycles. The Labute approximate surface area is 362 Å². The van der Waals surface area contributed by atoms with Crippen LogP contribution in [0.15, 0.2) is 243 Å². The van der Waals surface area contributed by atoms with E-state index in [1.165, 1.54) is 77.9 Å². The summed E-state index contributed by atoms with van der Waals surface area (Å²) in [5.41, 5.74) is 23.8. The van der Waals surface area contributed by atoms with Crippen molar-refractivity contribution in [2.24, 2.45) is 0 Å². The highest BCUT2D eigenvalue weighted by Crippen LogP contribution is 2.54. The molecule has 0 radical (unpaired) electrons. The molecule has 0 N–H and O–H groups in total. The topological polar surface area (TPSA) is 6.48 Å². The maximum Gasteiger partial charge on any atom is 0.0540 e. The molecule has 0 aromatic heterocycles. The molecule has 62 heavy (non-hydrogen) atoms. The molecule has 2 heterocycles. The van der Waals surface area contributed by atoms with Crippen LogP contribution in [0.4, 0.5) is 34.1 Å². The van der Waals surface area contributed by atoms with Gasteiger partial charge in [0.15, 0.2) is 0 Å². The lowest BCUT2D eigenvalue weighted by Gasteiger charge is -2.28. The van der Waals surface area contributed by atoms with Gasteiger partial charge in [0.1, 0.15) is 0 Å². The molecule has 0 bridgehead atoms. The molecule has 0 spiro atoms. The first kappa shape index (κ1) is 35.7. The number of rotatable bonds is 5. The van der Waals surface area contributed by atoms with Crippen molar-refractivity contribution in [3.63, 3.8) is 0 Å². The van der Waals surface area contributed by atoms with Crippen LogP contribution >= 0.6 is 0 Å². The molecule has 10 aromatic carbocycles. The van der Waals surface area contributed by atoms with E-state index in [4.69, 9.17) is 0 Å². The van der Waals surface area contributed by atoms with Crippen LogP contribution in [0.3, 0.4) is 0 Å². The Balaban J connectivity index is 1.02. The van der Waals surface area contributed by atoms with Crippen LogP contribution in [0.1, 0.15) is 0 Å². The second-order valence-corrected chi connectivity index (χ2v) is 16.1. The van der Waals surface area contributed by atoms with E-state index in [9.17, 15) is 0 Å². The normalized spacial score (nSPS) is 12.1. The maximum absolute atomic E-state index is 2.44. The third-order valence-electron chi connectivity index (χ3n) is 12.6. The summed E-state index contributed by atoms with van der Waals surface area (Å²) in [6, 6.07) is 88.7. The highest BCUT2D eigenvalue weighted by Gasteiger charge is 2.29. The van der Waals surface area contributed by atoms with E-state index in [-0.39, 0.29) is 0 Å². The molecule has 0 aliphatic carbocycles. The molecule has 2 aliphatic heterocycles. The average Bonchev–Trinajstić information content (AvgIpc) is 3.56. The Morgan fingerprint density at radius 1 is 0.177 bits per heavy atom. The molecule has 2 heteroatoms. The van der Waals surface area contributed by atoms with E-state index in [0.29, 0.717) is 0 Å². The Kier molecular flexibility index (Phi) is 8.53. The highest BCUT2D eigenvalue weighted by molar-refractivity contribution is 6.05. The van der Waals surface area contributed by atoms with Gasteiger partial charge in [-0.15, -0.1) is 0 Å². The zero-order valence-corrected chi connectivity index (χ0v) is 34.0. The van der Waals surface area contributed by atoms with E-state index < -0.39 is 0 Å². The maximum atomic E-state index is 2.44. The molecular weight excluding hydrogens is 749 g/mol. The summed E-state index contributed by atoms with van der Waals surface area (Å²) >= 11 is 0. The molecule has 10 aromatic rings. The Morgan fingerprint density at radius 2 is 0.452 bits per heavy atom. The minimum atomic E-state index is 1.12. The molecule has 290 valence electrons. The van der Waals surface area contributed by atoms with E-state index in [0.717, 1.165) is 34.1 Å². The van der Waals surface area contributed by atoms with Gasteiger partial charge >= 0.3 is 0 Å². The smallest absolute Gasteiger partial charge is 0.0540 e. The molecule has 2 aliphatic rings. The van der Waals surface area contributed by atoms with Crippen LogP contribution in [-0.2, 0) is 0 Å². The van der Waals surface area contributed by atoms with Gasteiger partial charge in [-0.25, -0.2) is 0 Å². The predicted octanol–water partition coefficient (Wildman–Crippen LogP) is 16.9. The fourth-order valence-electron chi connectivity index (χ4n) is 9.63. The first-order chi connectivity index (χ1) is 30.8. The Hall–Kier alpha value is -8.20. The summed E-state index contributed by atoms with van der Waals surface area (Å²) in [7, 11) is 0. The van der Waals surface area contributed by atoms with Crippen molar-refractivity contribution in [1.29, 1.82) is 0 Å². The summed E-state index contributed by atoms with van der Waals surface area (Å²) in [4.78, 5) is 4.88. The fourth-order valence-corrected chi connectivity index (χ4v) is 9.63. The number of fused-ring (bicyclic) bond motifs is 10. The van der Waals surface area contributed by atoms with Gasteiger partial charge in [0.25, 0.3) is 0 Å². The lowest BCUT2D eigenvalue weighted by molar-refractivity contribution is 1.29. The van der Waals surface area contributed by atoms with Crippen molar-refractivity contribution in [3.8, 4) is 77.9 Å². The summed E-state index contributed by atoms with van der Waals surface area (Å²) < 4.78 is 0. The minimum Gasteiger partial charge on any atom is -0.309 e. The standard InChI is InChI=1S/C60H40N2/c1-3-15-41(16-4-1)43-27-33-47(34-28-43)61-57-25-13-11-23-53(57)49-19-7-9-21-51(49)55-39-45(31-37-59(55)61)46-32-38-60-56(40-46)52-22-10-8-20-50(52)54-24-12-14-26-58(54)62(60)48-35-29-44(30-36-48)42-17-5-2-6-18-42/h1-40H. The van der Waals surface area contributed by atoms with E-state index in [1.54, 1.807) is 0 Å². The third kappa shape index (κ3) is 5.96. The number of hydrogen-bond donors (Lipinski definition) is 0. The van der Waals surface area contributed by atoms with Gasteiger partial charge in [-0.1, -0.05) is 182 Å². The molecule has 2 nitrogen and oxygen atoms in total. The monoisotopic (exact) mass is 788 g/mol. The molecule has 0 unspecified atom stereocenters. The largest absolute Gasteiger partial charge is 0.309 e. The molecule has 0 saturated heterocycles. The summed E-state index contributed by atoms with van der Waals surface area (Å²) in [5.74, 6) is 0. The van der Waals surface area contributed by atoms with Crippen LogP contribution in [0.2, 0.25) is 0 Å². The van der Waals surface area contributed by atoms with Crippen LogP contribution in [-0.4, -0.2) is 0 Å². The number of hydrogen-bond acceptors (Lipinski definition) is 2. The lowest BCUT2D eigenvalue weighted by atomic mass is 9.90. The molecular formula is C60H40N2. The number of anilines is 6. The second kappa shape index (κ2) is 14.8. The van der Waals surface area contributed by atoms with Gasteiger partial charge in [-0.2, -0.15) is 0 Å². The minimum absolute atomic E-state index is 1.12. The van der Waals surface area contributed by atoms with Crippen molar-refractivity contribution in [1.82, 2.24) is 0 Å². The summed E-state index contributed by atoms with van der Waals surface area (Å²) in [6.07, 6.45) is 0. The van der Waals surface area contributed by atoms with Crippen molar-refractivity contribution in [2.45, 2.75) is 0 Å². The quantitative estimate of drug-likeness (QED) is 0.171. The van der Waals surface area contributed by atoms with Crippen LogP contribution in [0.5, 0.6) is 0 Å². The Bertz CT molecular complexity index is 3050. The van der Waals surface area contributed by atoms with Crippen molar-refractivity contribution < 1.29 is 0 Å². The van der Waals surface area contributed by atoms with E-state index >= 15 is 0 Å². The van der Waals surface area contributed by atoms with Crippen LogP contribution < -0.4 is 9.80 Å². The van der Waals surface area contributed by atoms with Crippen LogP contribution in [0, 0.1) is 0 Å². The van der Waals surface area contributed by atoms with Gasteiger partial charge in [-0.05, 0) is 116 Å². The SMILES string of the molecule is c1ccc(-c2ccc(N3c4ccccc4-c4ccccc4-c4cc(-c5ccc6c(c5)-c5ccccc5-c5ccccc5N6c5ccc(-c6ccccc6)cc5)ccc43)cc2)cc1. The van der Waals surface area contributed by atoms with Gasteiger partial charge in [-0.3, -0.25) is 0 Å². The van der Waals surface area contributed by atoms with Crippen LogP contribution in [0.25, 0.3) is 77.9 Å². The molecule has 0 atom stereocenters. The van der Waals surface area contributed by atoms with Crippen molar-refractivity contribution >= 4 is 34.1 Å². The molecule has 0 amide bonds. The highest BCUT2D eigenvalue weighted by atomic mass is 15.2. The first-order valence-electron chi connectivity index (χ1n) is 21.3. The zero-order chi connectivity index (χ0) is 41.0. The number of benzene rings is 10. The van der Waals surface area contributed by atoms with Crippen molar-refractivity contribution in [2.75, 3.05) is 9.80 Å². The molecule has 0 fully saturated rings. The number of nitrogens with zero attached hydrogens (tertiary/aromatic N) is 2. The lowest BCUT2D eigenvalue weighted by Crippen LogP contribution is -2.11. The first-order valence-corrected chi connectivity index (χ1v) is 21.3. The zero-order valence-electron chi connectivity index (χ0n) is 34.0. The third-order valence-corrected chi connectivity index (χ3v) is 12.6. The number of para-hydroxylation sites is 2. The van der Waals surface area contributed by atoms with Gasteiger partial charge in [0, 0.05) is 33.6 Å². The van der Waals surface area contributed by atoms with E-state index in [1.807, 2.05) is 0 Å². The summed E-state index contributed by atoms with van der Waals surface area (Å²) in [5, 5.41) is 0.